The Morgan fingerprint density at radius 3 is 2.60 bits per heavy atom. The van der Waals surface area contributed by atoms with Crippen LogP contribution in [0.25, 0.3) is 23.0 Å². The minimum absolute atomic E-state index is 0.0724. The zero-order valence-electron chi connectivity index (χ0n) is 33.8. The van der Waals surface area contributed by atoms with Crippen molar-refractivity contribution in [3.8, 4) is 16.9 Å². The summed E-state index contributed by atoms with van der Waals surface area (Å²) in [5.74, 6) is 0.211. The topological polar surface area (TPSA) is 140 Å². The van der Waals surface area contributed by atoms with E-state index in [9.17, 15) is 14.4 Å². The number of aromatic nitrogens is 3. The number of anilines is 1. The van der Waals surface area contributed by atoms with Crippen LogP contribution in [0.3, 0.4) is 0 Å². The van der Waals surface area contributed by atoms with Crippen molar-refractivity contribution in [2.75, 3.05) is 32.1 Å². The number of benzene rings is 2. The van der Waals surface area contributed by atoms with Gasteiger partial charge >= 0.3 is 0 Å². The minimum atomic E-state index is -0.492. The maximum atomic E-state index is 15.8. The number of methoxy groups -OCH3 is 1. The van der Waals surface area contributed by atoms with E-state index in [2.05, 4.69) is 25.8 Å². The third-order valence-corrected chi connectivity index (χ3v) is 13.0. The van der Waals surface area contributed by atoms with Crippen LogP contribution in [0, 0.1) is 19.3 Å². The highest BCUT2D eigenvalue weighted by Gasteiger charge is 2.56. The molecule has 1 atom stereocenters. The summed E-state index contributed by atoms with van der Waals surface area (Å²) in [6, 6.07) is 13.3. The predicted octanol–water partition coefficient (Wildman–Crippen LogP) is 6.43. The van der Waals surface area contributed by atoms with E-state index in [0.29, 0.717) is 55.4 Å². The normalized spacial score (nSPS) is 22.8. The van der Waals surface area contributed by atoms with E-state index in [0.717, 1.165) is 97.2 Å². The fraction of sp³-hybridized carbons (Fsp3) is 0.444. The van der Waals surface area contributed by atoms with Crippen molar-refractivity contribution in [3.63, 3.8) is 0 Å². The molecule has 2 aromatic heterocycles. The van der Waals surface area contributed by atoms with Crippen molar-refractivity contribution in [1.29, 1.82) is 0 Å². The lowest BCUT2D eigenvalue weighted by Gasteiger charge is -2.35. The Morgan fingerprint density at radius 2 is 1.86 bits per heavy atom. The highest BCUT2D eigenvalue weighted by molar-refractivity contribution is 6.03. The molecule has 2 saturated carbocycles. The van der Waals surface area contributed by atoms with Crippen molar-refractivity contribution in [1.82, 2.24) is 30.1 Å². The SMILES string of the molecule is COc1cc(/C(F)=C/c2cccc(-c3cccc(NC(=O)c4nc5c(n4C)CCN(CC46CCC(OC=O)(CC4)C6)C5)c3C)c2C)ncc1CNC[C@@H]1CCC(=O)N1. The first-order valence-corrected chi connectivity index (χ1v) is 20.3. The van der Waals surface area contributed by atoms with Gasteiger partial charge in [-0.2, -0.15) is 0 Å². The average molecular weight is 790 g/mol. The lowest BCUT2D eigenvalue weighted by Crippen LogP contribution is -2.39. The molecule has 13 heteroatoms. The third-order valence-electron chi connectivity index (χ3n) is 13.0. The van der Waals surface area contributed by atoms with Crippen LogP contribution in [0.4, 0.5) is 10.1 Å². The first-order valence-electron chi connectivity index (χ1n) is 20.3. The molecule has 2 aromatic carbocycles. The van der Waals surface area contributed by atoms with E-state index < -0.39 is 5.83 Å². The molecule has 2 aliphatic carbocycles. The second-order valence-electron chi connectivity index (χ2n) is 16.7. The van der Waals surface area contributed by atoms with Crippen LogP contribution in [0.2, 0.25) is 0 Å². The fourth-order valence-corrected chi connectivity index (χ4v) is 9.83. The Labute approximate surface area is 338 Å². The summed E-state index contributed by atoms with van der Waals surface area (Å²) in [7, 11) is 3.46. The van der Waals surface area contributed by atoms with Crippen molar-refractivity contribution in [3.05, 3.63) is 93.8 Å². The van der Waals surface area contributed by atoms with Crippen molar-refractivity contribution < 1.29 is 28.2 Å². The lowest BCUT2D eigenvalue weighted by molar-refractivity contribution is -0.142. The predicted molar refractivity (Wildman–Crippen MR) is 220 cm³/mol. The fourth-order valence-electron chi connectivity index (χ4n) is 9.83. The van der Waals surface area contributed by atoms with Crippen LogP contribution in [-0.4, -0.2) is 76.1 Å². The summed E-state index contributed by atoms with van der Waals surface area (Å²) in [5.41, 5.74) is 7.88. The highest BCUT2D eigenvalue weighted by atomic mass is 19.1. The van der Waals surface area contributed by atoms with Gasteiger partial charge in [-0.25, -0.2) is 9.37 Å². The first-order chi connectivity index (χ1) is 28.0. The van der Waals surface area contributed by atoms with E-state index in [-0.39, 0.29) is 34.6 Å². The molecule has 58 heavy (non-hydrogen) atoms. The van der Waals surface area contributed by atoms with E-state index in [4.69, 9.17) is 14.5 Å². The van der Waals surface area contributed by atoms with Crippen LogP contribution in [0.1, 0.15) is 94.9 Å². The van der Waals surface area contributed by atoms with Gasteiger partial charge in [0.1, 0.15) is 22.9 Å². The Morgan fingerprint density at radius 1 is 1.09 bits per heavy atom. The highest BCUT2D eigenvalue weighted by Crippen LogP contribution is 2.58. The number of nitrogens with zero attached hydrogens (tertiary/aromatic N) is 4. The van der Waals surface area contributed by atoms with Crippen LogP contribution in [0.5, 0.6) is 5.75 Å². The number of pyridine rings is 1. The minimum Gasteiger partial charge on any atom is -0.496 e. The van der Waals surface area contributed by atoms with E-state index >= 15 is 4.39 Å². The molecular weight excluding hydrogens is 738 g/mol. The number of imidazole rings is 1. The number of amides is 2. The molecule has 4 heterocycles. The molecular formula is C45H52FN7O5. The molecule has 8 rings (SSSR count). The number of hydrogen-bond donors (Lipinski definition) is 3. The molecule has 2 amide bonds. The summed E-state index contributed by atoms with van der Waals surface area (Å²) in [6.07, 6.45) is 10.2. The van der Waals surface area contributed by atoms with Gasteiger partial charge in [-0.1, -0.05) is 30.3 Å². The molecule has 0 radical (unpaired) electrons. The van der Waals surface area contributed by atoms with E-state index in [1.165, 1.54) is 6.08 Å². The summed E-state index contributed by atoms with van der Waals surface area (Å²) in [6.45, 7) is 8.20. The van der Waals surface area contributed by atoms with Crippen LogP contribution in [-0.2, 0) is 40.9 Å². The summed E-state index contributed by atoms with van der Waals surface area (Å²) in [4.78, 5) is 48.2. The van der Waals surface area contributed by atoms with Crippen LogP contribution < -0.4 is 20.7 Å². The molecule has 1 saturated heterocycles. The molecule has 3 N–H and O–H groups in total. The number of rotatable bonds is 14. The second-order valence-corrected chi connectivity index (χ2v) is 16.7. The smallest absolute Gasteiger partial charge is 0.293 e. The molecule has 4 aromatic rings. The quantitative estimate of drug-likeness (QED) is 0.123. The number of carbonyl (C=O) groups is 3. The largest absolute Gasteiger partial charge is 0.496 e. The Hall–Kier alpha value is -5.40. The summed E-state index contributed by atoms with van der Waals surface area (Å²) < 4.78 is 28.9. The zero-order valence-corrected chi connectivity index (χ0v) is 33.8. The van der Waals surface area contributed by atoms with E-state index in [1.54, 1.807) is 19.4 Å². The van der Waals surface area contributed by atoms with Crippen LogP contribution >= 0.6 is 0 Å². The number of fused-ring (bicyclic) bond motifs is 3. The van der Waals surface area contributed by atoms with Gasteiger partial charge in [0.2, 0.25) is 5.91 Å². The molecule has 0 spiro atoms. The molecule has 0 unspecified atom stereocenters. The number of nitrogens with one attached hydrogen (secondary N) is 3. The van der Waals surface area contributed by atoms with Gasteiger partial charge in [-0.3, -0.25) is 24.3 Å². The second kappa shape index (κ2) is 16.1. The van der Waals surface area contributed by atoms with Gasteiger partial charge in [-0.15, -0.1) is 0 Å². The van der Waals surface area contributed by atoms with Gasteiger partial charge in [-0.05, 0) is 97.7 Å². The standard InChI is InChI=1S/C45H52FN7O5/c1-28-30(19-35(46)37-20-40(57-4)31(22-48-37)21-47-23-32-11-12-41(55)49-32)7-5-8-33(28)34-9-6-10-36(29(34)2)51-43(56)42-50-38-24-53(18-13-39(38)52(42)3)26-44-14-16-45(25-44,17-15-44)58-27-54/h5-10,19-20,22,27,32,47H,11-18,21,23-26H2,1-4H3,(H,49,55)(H,51,56)/b35-19-/t32-,44?,45?/m0/s1. The molecule has 304 valence electrons. The van der Waals surface area contributed by atoms with Gasteiger partial charge in [0.25, 0.3) is 12.4 Å². The zero-order chi connectivity index (χ0) is 40.6. The molecule has 2 aliphatic heterocycles. The Balaban J connectivity index is 0.944. The lowest BCUT2D eigenvalue weighted by atomic mass is 9.83. The first kappa shape index (κ1) is 39.4. The molecule has 12 nitrogen and oxygen atoms in total. The maximum Gasteiger partial charge on any atom is 0.293 e. The number of carbonyl (C=O) groups excluding carboxylic acids is 3. The Bertz CT molecular complexity index is 2280. The number of halogens is 1. The summed E-state index contributed by atoms with van der Waals surface area (Å²) in [5, 5.41) is 9.41. The molecule has 2 bridgehead atoms. The molecule has 4 aliphatic rings. The van der Waals surface area contributed by atoms with Gasteiger partial charge < -0.3 is 30.0 Å². The van der Waals surface area contributed by atoms with Crippen molar-refractivity contribution in [2.24, 2.45) is 12.5 Å². The van der Waals surface area contributed by atoms with E-state index in [1.807, 2.05) is 61.9 Å². The number of hydrogen-bond acceptors (Lipinski definition) is 9. The van der Waals surface area contributed by atoms with Crippen molar-refractivity contribution >= 4 is 35.9 Å². The van der Waals surface area contributed by atoms with Gasteiger partial charge in [0.05, 0.1) is 12.8 Å². The maximum absolute atomic E-state index is 15.8. The number of ether oxygens (including phenoxy) is 2. The third kappa shape index (κ3) is 7.77. The Kier molecular flexibility index (Phi) is 10.9. The van der Waals surface area contributed by atoms with Gasteiger partial charge in [0, 0.05) is 87.9 Å². The average Bonchev–Trinajstić information content (AvgIpc) is 3.98. The summed E-state index contributed by atoms with van der Waals surface area (Å²) >= 11 is 0. The van der Waals surface area contributed by atoms with Crippen molar-refractivity contribution in [2.45, 2.75) is 89.9 Å². The van der Waals surface area contributed by atoms with Crippen LogP contribution in [0.15, 0.2) is 48.7 Å². The van der Waals surface area contributed by atoms with Gasteiger partial charge in [0.15, 0.2) is 5.82 Å². The monoisotopic (exact) mass is 789 g/mol. The molecule has 3 fully saturated rings.